The Morgan fingerprint density at radius 1 is 0.957 bits per heavy atom. The van der Waals surface area contributed by atoms with E-state index < -0.39 is 0 Å². The lowest BCUT2D eigenvalue weighted by Gasteiger charge is -2.37. The van der Waals surface area contributed by atoms with Crippen LogP contribution >= 0.6 is 0 Å². The van der Waals surface area contributed by atoms with Gasteiger partial charge in [-0.2, -0.15) is 0 Å². The smallest absolute Gasteiger partial charge is 0.126 e. The van der Waals surface area contributed by atoms with E-state index in [1.165, 1.54) is 18.2 Å². The number of rotatable bonds is 3. The molecule has 0 spiro atoms. The highest BCUT2D eigenvalue weighted by molar-refractivity contribution is 5.89. The first-order chi connectivity index (χ1) is 11.0. The van der Waals surface area contributed by atoms with Crippen LogP contribution in [0, 0.1) is 11.3 Å². The second-order valence-electron chi connectivity index (χ2n) is 7.80. The van der Waals surface area contributed by atoms with Gasteiger partial charge in [0.15, 0.2) is 0 Å². The van der Waals surface area contributed by atoms with Crippen molar-refractivity contribution in [3.63, 3.8) is 0 Å². The molecule has 0 heterocycles. The molecule has 1 aliphatic carbocycles. The average Bonchev–Trinajstić information content (AvgIpc) is 2.54. The van der Waals surface area contributed by atoms with Crippen LogP contribution in [0.15, 0.2) is 36.4 Å². The van der Waals surface area contributed by atoms with Crippen LogP contribution in [0.3, 0.4) is 0 Å². The monoisotopic (exact) mass is 312 g/mol. The number of fused-ring (bicyclic) bond motifs is 1. The summed E-state index contributed by atoms with van der Waals surface area (Å²) in [6.45, 7) is 7.07. The van der Waals surface area contributed by atoms with Gasteiger partial charge in [0.25, 0.3) is 0 Å². The van der Waals surface area contributed by atoms with E-state index in [0.29, 0.717) is 11.5 Å². The number of methoxy groups -OCH3 is 1. The van der Waals surface area contributed by atoms with Gasteiger partial charge in [-0.3, -0.25) is 0 Å². The second-order valence-corrected chi connectivity index (χ2v) is 7.80. The van der Waals surface area contributed by atoms with E-state index in [1.54, 1.807) is 7.11 Å². The van der Waals surface area contributed by atoms with Crippen molar-refractivity contribution in [2.75, 3.05) is 7.11 Å². The minimum atomic E-state index is 0.348. The molecule has 0 radical (unpaired) electrons. The molecule has 2 aromatic rings. The molecule has 0 bridgehead atoms. The van der Waals surface area contributed by atoms with E-state index in [4.69, 9.17) is 9.47 Å². The van der Waals surface area contributed by atoms with Crippen LogP contribution in [0.1, 0.15) is 46.5 Å². The van der Waals surface area contributed by atoms with Gasteiger partial charge in [-0.05, 0) is 60.6 Å². The molecule has 0 saturated heterocycles. The van der Waals surface area contributed by atoms with Gasteiger partial charge in [-0.25, -0.2) is 0 Å². The Balaban J connectivity index is 1.71. The van der Waals surface area contributed by atoms with E-state index >= 15 is 0 Å². The van der Waals surface area contributed by atoms with Crippen LogP contribution in [-0.4, -0.2) is 13.2 Å². The van der Waals surface area contributed by atoms with Crippen molar-refractivity contribution in [3.05, 3.63) is 36.4 Å². The molecule has 0 N–H and O–H groups in total. The topological polar surface area (TPSA) is 18.5 Å². The fourth-order valence-corrected chi connectivity index (χ4v) is 3.71. The fraction of sp³-hybridized carbons (Fsp3) is 0.524. The third kappa shape index (κ3) is 3.63. The molecular weight excluding hydrogens is 284 g/mol. The number of hydrogen-bond donors (Lipinski definition) is 0. The van der Waals surface area contributed by atoms with Gasteiger partial charge < -0.3 is 9.47 Å². The predicted molar refractivity (Wildman–Crippen MR) is 96.3 cm³/mol. The van der Waals surface area contributed by atoms with Crippen LogP contribution in [0.2, 0.25) is 0 Å². The van der Waals surface area contributed by atoms with Gasteiger partial charge in [0.2, 0.25) is 0 Å². The van der Waals surface area contributed by atoms with E-state index in [0.717, 1.165) is 35.6 Å². The van der Waals surface area contributed by atoms with E-state index in [2.05, 4.69) is 45.0 Å². The SMILES string of the molecule is COc1cccc2ccc(OC3CCC(C(C)(C)C)CC3)cc12. The molecule has 1 fully saturated rings. The van der Waals surface area contributed by atoms with Gasteiger partial charge >= 0.3 is 0 Å². The number of ether oxygens (including phenoxy) is 2. The summed E-state index contributed by atoms with van der Waals surface area (Å²) in [6.07, 6.45) is 5.20. The molecule has 2 nitrogen and oxygen atoms in total. The lowest BCUT2D eigenvalue weighted by Crippen LogP contribution is -2.30. The van der Waals surface area contributed by atoms with Crippen molar-refractivity contribution in [3.8, 4) is 11.5 Å². The van der Waals surface area contributed by atoms with Crippen LogP contribution in [-0.2, 0) is 0 Å². The highest BCUT2D eigenvalue weighted by atomic mass is 16.5. The molecule has 2 aromatic carbocycles. The summed E-state index contributed by atoms with van der Waals surface area (Å²) in [7, 11) is 1.72. The molecule has 1 aliphatic rings. The number of benzene rings is 2. The normalized spacial score (nSPS) is 22.1. The van der Waals surface area contributed by atoms with E-state index in [1.807, 2.05) is 12.1 Å². The highest BCUT2D eigenvalue weighted by Gasteiger charge is 2.30. The van der Waals surface area contributed by atoms with Crippen molar-refractivity contribution in [1.82, 2.24) is 0 Å². The molecule has 23 heavy (non-hydrogen) atoms. The third-order valence-electron chi connectivity index (χ3n) is 5.24. The first-order valence-electron chi connectivity index (χ1n) is 8.71. The first-order valence-corrected chi connectivity index (χ1v) is 8.71. The lowest BCUT2D eigenvalue weighted by atomic mass is 9.72. The van der Waals surface area contributed by atoms with Crippen LogP contribution < -0.4 is 9.47 Å². The second kappa shape index (κ2) is 6.43. The Morgan fingerprint density at radius 3 is 2.35 bits per heavy atom. The maximum Gasteiger partial charge on any atom is 0.126 e. The Bertz CT molecular complexity index is 661. The van der Waals surface area contributed by atoms with Crippen molar-refractivity contribution < 1.29 is 9.47 Å². The maximum absolute atomic E-state index is 6.27. The van der Waals surface area contributed by atoms with E-state index in [-0.39, 0.29) is 0 Å². The molecule has 2 heteroatoms. The minimum absolute atomic E-state index is 0.348. The Hall–Kier alpha value is -1.70. The number of hydrogen-bond acceptors (Lipinski definition) is 2. The molecule has 0 aliphatic heterocycles. The Morgan fingerprint density at radius 2 is 1.70 bits per heavy atom. The van der Waals surface area contributed by atoms with Crippen LogP contribution in [0.25, 0.3) is 10.8 Å². The van der Waals surface area contributed by atoms with Crippen molar-refractivity contribution in [1.29, 1.82) is 0 Å². The zero-order valence-corrected chi connectivity index (χ0v) is 14.8. The maximum atomic E-state index is 6.27. The molecule has 1 saturated carbocycles. The summed E-state index contributed by atoms with van der Waals surface area (Å²) in [6, 6.07) is 12.4. The zero-order chi connectivity index (χ0) is 16.4. The van der Waals surface area contributed by atoms with Crippen LogP contribution in [0.4, 0.5) is 0 Å². The van der Waals surface area contributed by atoms with Gasteiger partial charge in [0.1, 0.15) is 11.5 Å². The molecule has 0 atom stereocenters. The third-order valence-corrected chi connectivity index (χ3v) is 5.24. The Labute approximate surface area is 139 Å². The van der Waals surface area contributed by atoms with Crippen LogP contribution in [0.5, 0.6) is 11.5 Å². The molecule has 0 unspecified atom stereocenters. The summed E-state index contributed by atoms with van der Waals surface area (Å²) in [5.41, 5.74) is 0.418. The molecule has 124 valence electrons. The summed E-state index contributed by atoms with van der Waals surface area (Å²) in [5, 5.41) is 2.31. The summed E-state index contributed by atoms with van der Waals surface area (Å²) >= 11 is 0. The largest absolute Gasteiger partial charge is 0.496 e. The highest BCUT2D eigenvalue weighted by Crippen LogP contribution is 2.39. The van der Waals surface area contributed by atoms with Gasteiger partial charge in [-0.15, -0.1) is 0 Å². The average molecular weight is 312 g/mol. The van der Waals surface area contributed by atoms with Crippen molar-refractivity contribution >= 4 is 10.8 Å². The van der Waals surface area contributed by atoms with E-state index in [9.17, 15) is 0 Å². The van der Waals surface area contributed by atoms with Crippen molar-refractivity contribution in [2.24, 2.45) is 11.3 Å². The quantitative estimate of drug-likeness (QED) is 0.709. The summed E-state index contributed by atoms with van der Waals surface area (Å²) < 4.78 is 11.7. The molecular formula is C21H28O2. The Kier molecular flexibility index (Phi) is 4.52. The van der Waals surface area contributed by atoms with Gasteiger partial charge in [0, 0.05) is 5.39 Å². The zero-order valence-electron chi connectivity index (χ0n) is 14.8. The first kappa shape index (κ1) is 16.2. The summed E-state index contributed by atoms with van der Waals surface area (Å²) in [4.78, 5) is 0. The minimum Gasteiger partial charge on any atom is -0.496 e. The predicted octanol–water partition coefficient (Wildman–Crippen LogP) is 5.83. The van der Waals surface area contributed by atoms with Crippen molar-refractivity contribution in [2.45, 2.75) is 52.6 Å². The van der Waals surface area contributed by atoms with Gasteiger partial charge in [-0.1, -0.05) is 39.0 Å². The fourth-order valence-electron chi connectivity index (χ4n) is 3.71. The standard InChI is InChI=1S/C21H28O2/c1-21(2,3)16-9-12-17(13-10-16)23-18-11-8-15-6-5-7-20(22-4)19(15)14-18/h5-8,11,14,16-17H,9-10,12-13H2,1-4H3. The summed E-state index contributed by atoms with van der Waals surface area (Å²) in [5.74, 6) is 2.68. The van der Waals surface area contributed by atoms with Gasteiger partial charge in [0.05, 0.1) is 13.2 Å². The molecule has 3 rings (SSSR count). The lowest BCUT2D eigenvalue weighted by molar-refractivity contribution is 0.0883. The molecule has 0 amide bonds. The molecule has 0 aromatic heterocycles.